The third-order valence-electron chi connectivity index (χ3n) is 4.14. The molecule has 0 aliphatic heterocycles. The van der Waals surface area contributed by atoms with Crippen LogP contribution in [-0.2, 0) is 20.7 Å². The molecule has 0 spiro atoms. The van der Waals surface area contributed by atoms with Gasteiger partial charge in [-0.3, -0.25) is 9.59 Å². The van der Waals surface area contributed by atoms with Crippen LogP contribution < -0.4 is 10.5 Å². The summed E-state index contributed by atoms with van der Waals surface area (Å²) in [6.07, 6.45) is 0.0534. The van der Waals surface area contributed by atoms with E-state index in [4.69, 9.17) is 10.5 Å². The Morgan fingerprint density at radius 2 is 1.89 bits per heavy atom. The summed E-state index contributed by atoms with van der Waals surface area (Å²) in [5.41, 5.74) is 5.57. The van der Waals surface area contributed by atoms with Crippen molar-refractivity contribution in [3.63, 3.8) is 0 Å². The largest absolute Gasteiger partial charge is 0.460 e. The third kappa shape index (κ3) is 8.21. The minimum atomic E-state index is -2.94. The molecule has 0 saturated carbocycles. The van der Waals surface area contributed by atoms with E-state index in [2.05, 4.69) is 4.74 Å². The maximum atomic E-state index is 12.9. The summed E-state index contributed by atoms with van der Waals surface area (Å²) in [6.45, 7) is 4.38. The number of ether oxygens (including phenoxy) is 2. The molecular formula is C20H30F2N2O4. The van der Waals surface area contributed by atoms with Crippen LogP contribution in [0, 0.1) is 5.92 Å². The number of esters is 1. The van der Waals surface area contributed by atoms with Crippen molar-refractivity contribution in [2.24, 2.45) is 11.7 Å². The van der Waals surface area contributed by atoms with Gasteiger partial charge in [0.25, 0.3) is 0 Å². The highest BCUT2D eigenvalue weighted by Gasteiger charge is 2.29. The molecule has 1 aromatic carbocycles. The fourth-order valence-electron chi connectivity index (χ4n) is 2.63. The molecule has 0 unspecified atom stereocenters. The highest BCUT2D eigenvalue weighted by molar-refractivity contribution is 5.84. The number of halogens is 2. The summed E-state index contributed by atoms with van der Waals surface area (Å²) in [5, 5.41) is 0. The first kappa shape index (κ1) is 23.8. The smallest absolute Gasteiger partial charge is 0.387 e. The Kier molecular flexibility index (Phi) is 8.81. The van der Waals surface area contributed by atoms with E-state index in [1.807, 2.05) is 0 Å². The number of nitrogens with zero attached hydrogens (tertiary/aromatic N) is 1. The highest BCUT2D eigenvalue weighted by atomic mass is 19.3. The van der Waals surface area contributed by atoms with Gasteiger partial charge in [0.05, 0.1) is 12.3 Å². The normalized spacial score (nSPS) is 13.8. The molecule has 0 fully saturated rings. The van der Waals surface area contributed by atoms with Gasteiger partial charge in [0.2, 0.25) is 5.91 Å². The van der Waals surface area contributed by atoms with Crippen LogP contribution >= 0.6 is 0 Å². The zero-order chi connectivity index (χ0) is 21.5. The van der Waals surface area contributed by atoms with E-state index < -0.39 is 24.1 Å². The van der Waals surface area contributed by atoms with Crippen LogP contribution in [0.5, 0.6) is 5.75 Å². The van der Waals surface area contributed by atoms with Gasteiger partial charge in [-0.1, -0.05) is 12.1 Å². The van der Waals surface area contributed by atoms with Crippen LogP contribution in [0.25, 0.3) is 0 Å². The summed E-state index contributed by atoms with van der Waals surface area (Å²) in [6, 6.07) is 5.90. The van der Waals surface area contributed by atoms with Gasteiger partial charge in [0, 0.05) is 19.6 Å². The van der Waals surface area contributed by atoms with Gasteiger partial charge in [-0.25, -0.2) is 0 Å². The summed E-state index contributed by atoms with van der Waals surface area (Å²) >= 11 is 0. The monoisotopic (exact) mass is 400 g/mol. The van der Waals surface area contributed by atoms with Crippen molar-refractivity contribution in [1.29, 1.82) is 0 Å². The number of amides is 1. The van der Waals surface area contributed by atoms with Crippen LogP contribution in [0.2, 0.25) is 0 Å². The molecule has 8 heteroatoms. The molecule has 1 rings (SSSR count). The summed E-state index contributed by atoms with van der Waals surface area (Å²) in [5.74, 6) is -1.47. The zero-order valence-electron chi connectivity index (χ0n) is 17.1. The molecule has 0 bridgehead atoms. The number of likely N-dealkylation sites (N-methyl/N-ethyl adjacent to an activating group) is 1. The average molecular weight is 400 g/mol. The van der Waals surface area contributed by atoms with Crippen molar-refractivity contribution in [1.82, 2.24) is 4.90 Å². The van der Waals surface area contributed by atoms with Gasteiger partial charge in [-0.2, -0.15) is 8.78 Å². The van der Waals surface area contributed by atoms with E-state index in [0.29, 0.717) is 5.56 Å². The van der Waals surface area contributed by atoms with E-state index in [1.54, 1.807) is 46.9 Å². The standard InChI is InChI=1S/C20H30F2N2O4/c1-13(12-23)24(5)18(26)15(11-17(25)28-20(2,3)4)9-14-7-6-8-16(10-14)27-19(21)22/h6-8,10,13,15,19H,9,11-12,23H2,1-5H3/t13-,15+/m0/s1. The predicted octanol–water partition coefficient (Wildman–Crippen LogP) is 2.98. The van der Waals surface area contributed by atoms with Gasteiger partial charge >= 0.3 is 12.6 Å². The summed E-state index contributed by atoms with van der Waals surface area (Å²) in [7, 11) is 1.62. The third-order valence-corrected chi connectivity index (χ3v) is 4.14. The van der Waals surface area contributed by atoms with Gasteiger partial charge < -0.3 is 20.1 Å². The second-order valence-corrected chi connectivity index (χ2v) is 7.75. The molecule has 0 heterocycles. The number of hydrogen-bond acceptors (Lipinski definition) is 5. The quantitative estimate of drug-likeness (QED) is 0.645. The molecule has 0 aromatic heterocycles. The lowest BCUT2D eigenvalue weighted by Crippen LogP contribution is -2.44. The van der Waals surface area contributed by atoms with Crippen LogP contribution in [0.15, 0.2) is 24.3 Å². The van der Waals surface area contributed by atoms with Crippen molar-refractivity contribution in [2.75, 3.05) is 13.6 Å². The Labute approximate surface area is 165 Å². The SMILES string of the molecule is C[C@@H](CN)N(C)C(=O)[C@@H](CC(=O)OC(C)(C)C)Cc1cccc(OC(F)F)c1. The van der Waals surface area contributed by atoms with E-state index >= 15 is 0 Å². The Bertz CT molecular complexity index is 662. The topological polar surface area (TPSA) is 81.9 Å². The van der Waals surface area contributed by atoms with Crippen molar-refractivity contribution in [2.45, 2.75) is 58.8 Å². The number of carbonyl (C=O) groups excluding carboxylic acids is 2. The number of benzene rings is 1. The lowest BCUT2D eigenvalue weighted by molar-refractivity contribution is -0.158. The molecule has 0 radical (unpaired) electrons. The molecule has 1 amide bonds. The number of carbonyl (C=O) groups is 2. The van der Waals surface area contributed by atoms with Gasteiger partial charge in [0.15, 0.2) is 0 Å². The second-order valence-electron chi connectivity index (χ2n) is 7.75. The van der Waals surface area contributed by atoms with Gasteiger partial charge in [0.1, 0.15) is 11.4 Å². The van der Waals surface area contributed by atoms with E-state index in [-0.39, 0.29) is 37.1 Å². The number of rotatable bonds is 9. The second kappa shape index (κ2) is 10.4. The Morgan fingerprint density at radius 3 is 2.43 bits per heavy atom. The van der Waals surface area contributed by atoms with Gasteiger partial charge in [-0.15, -0.1) is 0 Å². The molecule has 0 aliphatic carbocycles. The molecule has 0 saturated heterocycles. The van der Waals surface area contributed by atoms with Crippen molar-refractivity contribution in [3.05, 3.63) is 29.8 Å². The maximum absolute atomic E-state index is 12.9. The fraction of sp³-hybridized carbons (Fsp3) is 0.600. The first-order valence-corrected chi connectivity index (χ1v) is 9.15. The number of nitrogens with two attached hydrogens (primary N) is 1. The fourth-order valence-corrected chi connectivity index (χ4v) is 2.63. The molecule has 1 aromatic rings. The van der Waals surface area contributed by atoms with Crippen LogP contribution in [0.3, 0.4) is 0 Å². The predicted molar refractivity (Wildman–Crippen MR) is 102 cm³/mol. The van der Waals surface area contributed by atoms with Crippen molar-refractivity contribution < 1.29 is 27.8 Å². The minimum Gasteiger partial charge on any atom is -0.460 e. The van der Waals surface area contributed by atoms with E-state index in [9.17, 15) is 18.4 Å². The number of alkyl halides is 2. The van der Waals surface area contributed by atoms with Crippen LogP contribution in [-0.4, -0.2) is 48.6 Å². The average Bonchev–Trinajstić information content (AvgIpc) is 2.57. The van der Waals surface area contributed by atoms with Crippen molar-refractivity contribution in [3.8, 4) is 5.75 Å². The first-order valence-electron chi connectivity index (χ1n) is 9.15. The molecule has 28 heavy (non-hydrogen) atoms. The molecule has 158 valence electrons. The van der Waals surface area contributed by atoms with E-state index in [1.165, 1.54) is 17.0 Å². The lowest BCUT2D eigenvalue weighted by Gasteiger charge is -2.29. The lowest BCUT2D eigenvalue weighted by atomic mass is 9.94. The highest BCUT2D eigenvalue weighted by Crippen LogP contribution is 2.22. The molecule has 2 N–H and O–H groups in total. The van der Waals surface area contributed by atoms with E-state index in [0.717, 1.165) is 0 Å². The maximum Gasteiger partial charge on any atom is 0.387 e. The van der Waals surface area contributed by atoms with Crippen LogP contribution in [0.1, 0.15) is 39.7 Å². The van der Waals surface area contributed by atoms with Crippen molar-refractivity contribution >= 4 is 11.9 Å². The minimum absolute atomic E-state index is 0.000326. The zero-order valence-corrected chi connectivity index (χ0v) is 17.1. The Balaban J connectivity index is 3.03. The Hall–Kier alpha value is -2.22. The van der Waals surface area contributed by atoms with Gasteiger partial charge in [-0.05, 0) is 51.8 Å². The summed E-state index contributed by atoms with van der Waals surface area (Å²) in [4.78, 5) is 26.7. The molecule has 6 nitrogen and oxygen atoms in total. The van der Waals surface area contributed by atoms with Crippen LogP contribution in [0.4, 0.5) is 8.78 Å². The molecule has 0 aliphatic rings. The molecular weight excluding hydrogens is 370 g/mol. The summed E-state index contributed by atoms with van der Waals surface area (Å²) < 4.78 is 34.7. The Morgan fingerprint density at radius 1 is 1.25 bits per heavy atom. The molecule has 2 atom stereocenters. The number of hydrogen-bond donors (Lipinski definition) is 1. The first-order chi connectivity index (χ1) is 12.9.